The number of hydrogen-bond donors (Lipinski definition) is 2. The van der Waals surface area contributed by atoms with Gasteiger partial charge in [0.25, 0.3) is 0 Å². The lowest BCUT2D eigenvalue weighted by Crippen LogP contribution is -2.02. The summed E-state index contributed by atoms with van der Waals surface area (Å²) in [5.41, 5.74) is 12.7. The molecule has 66 valence electrons. The second-order valence-corrected chi connectivity index (χ2v) is 2.63. The Bertz CT molecular complexity index is 466. The molecule has 2 aromatic rings. The molecular weight excluding hydrogens is 168 g/mol. The van der Waals surface area contributed by atoms with Crippen LogP contribution in [0.25, 0.3) is 11.2 Å². The molecule has 0 saturated heterocycles. The number of fused-ring (bicyclic) bond motifs is 1. The van der Waals surface area contributed by atoms with E-state index in [0.29, 0.717) is 28.5 Å². The van der Waals surface area contributed by atoms with E-state index in [-0.39, 0.29) is 0 Å². The predicted molar refractivity (Wildman–Crippen MR) is 48.7 cm³/mol. The molecule has 0 aliphatic rings. The molecule has 0 bridgehead atoms. The molecule has 4 N–H and O–H groups in total. The lowest BCUT2D eigenvalue weighted by atomic mass is 10.4. The van der Waals surface area contributed by atoms with E-state index in [9.17, 15) is 0 Å². The highest BCUT2D eigenvalue weighted by atomic mass is 15.0. The Morgan fingerprint density at radius 3 is 2.62 bits per heavy atom. The molecule has 0 radical (unpaired) electrons. The average Bonchev–Trinajstić information content (AvgIpc) is 2.09. The van der Waals surface area contributed by atoms with Crippen molar-refractivity contribution in [1.82, 2.24) is 19.9 Å². The number of nitrogen functional groups attached to an aromatic ring is 2. The number of nitrogens with two attached hydrogens (primary N) is 2. The fourth-order valence-electron chi connectivity index (χ4n) is 0.992. The summed E-state index contributed by atoms with van der Waals surface area (Å²) in [7, 11) is 0. The average molecular weight is 176 g/mol. The van der Waals surface area contributed by atoms with Crippen LogP contribution in [0.15, 0.2) is 6.33 Å². The summed E-state index contributed by atoms with van der Waals surface area (Å²) in [4.78, 5) is 15.9. The number of anilines is 2. The van der Waals surface area contributed by atoms with E-state index in [0.717, 1.165) is 0 Å². The van der Waals surface area contributed by atoms with Gasteiger partial charge < -0.3 is 11.5 Å². The van der Waals surface area contributed by atoms with E-state index in [1.165, 1.54) is 6.33 Å². The van der Waals surface area contributed by atoms with Crippen LogP contribution in [0.2, 0.25) is 0 Å². The molecule has 0 unspecified atom stereocenters. The van der Waals surface area contributed by atoms with Gasteiger partial charge in [0.05, 0.1) is 5.69 Å². The molecule has 2 aromatic heterocycles. The van der Waals surface area contributed by atoms with Crippen molar-refractivity contribution in [2.45, 2.75) is 6.92 Å². The molecule has 0 spiro atoms. The van der Waals surface area contributed by atoms with E-state index >= 15 is 0 Å². The topological polar surface area (TPSA) is 104 Å². The van der Waals surface area contributed by atoms with Gasteiger partial charge in [0, 0.05) is 0 Å². The van der Waals surface area contributed by atoms with Gasteiger partial charge in [-0.2, -0.15) is 0 Å². The lowest BCUT2D eigenvalue weighted by Gasteiger charge is -2.01. The Morgan fingerprint density at radius 2 is 1.85 bits per heavy atom. The quantitative estimate of drug-likeness (QED) is 0.580. The highest BCUT2D eigenvalue weighted by Gasteiger charge is 2.05. The first kappa shape index (κ1) is 7.66. The zero-order valence-electron chi connectivity index (χ0n) is 7.02. The Morgan fingerprint density at radius 1 is 1.08 bits per heavy atom. The zero-order chi connectivity index (χ0) is 9.42. The van der Waals surface area contributed by atoms with Gasteiger partial charge in [-0.15, -0.1) is 0 Å². The molecule has 13 heavy (non-hydrogen) atoms. The van der Waals surface area contributed by atoms with Gasteiger partial charge in [-0.3, -0.25) is 0 Å². The maximum atomic E-state index is 5.58. The molecule has 0 aromatic carbocycles. The summed E-state index contributed by atoms with van der Waals surface area (Å²) in [6.07, 6.45) is 1.33. The molecule has 0 amide bonds. The van der Waals surface area contributed by atoms with Gasteiger partial charge >= 0.3 is 0 Å². The van der Waals surface area contributed by atoms with Crippen molar-refractivity contribution in [3.63, 3.8) is 0 Å². The minimum absolute atomic E-state index is 0.320. The third-order valence-electron chi connectivity index (χ3n) is 1.71. The molecule has 0 atom stereocenters. The predicted octanol–water partition coefficient (Wildman–Crippen LogP) is -0.107. The van der Waals surface area contributed by atoms with E-state index < -0.39 is 0 Å². The summed E-state index contributed by atoms with van der Waals surface area (Å²) < 4.78 is 0. The van der Waals surface area contributed by atoms with E-state index in [2.05, 4.69) is 19.9 Å². The van der Waals surface area contributed by atoms with Gasteiger partial charge in [-0.25, -0.2) is 19.9 Å². The number of aryl methyl sites for hydroxylation is 1. The molecule has 0 aliphatic heterocycles. The van der Waals surface area contributed by atoms with Crippen LogP contribution in [-0.4, -0.2) is 19.9 Å². The molecule has 6 nitrogen and oxygen atoms in total. The lowest BCUT2D eigenvalue weighted by molar-refractivity contribution is 1.12. The number of aromatic nitrogens is 4. The van der Waals surface area contributed by atoms with E-state index in [1.807, 2.05) is 0 Å². The van der Waals surface area contributed by atoms with Crippen LogP contribution in [0.1, 0.15) is 5.69 Å². The molecule has 2 rings (SSSR count). The van der Waals surface area contributed by atoms with Crippen LogP contribution in [-0.2, 0) is 0 Å². The maximum Gasteiger partial charge on any atom is 0.185 e. The Labute approximate surface area is 74.0 Å². The van der Waals surface area contributed by atoms with Gasteiger partial charge in [0.2, 0.25) is 0 Å². The van der Waals surface area contributed by atoms with Crippen LogP contribution in [0.3, 0.4) is 0 Å². The zero-order valence-corrected chi connectivity index (χ0v) is 7.02. The third-order valence-corrected chi connectivity index (χ3v) is 1.71. The number of hydrogen-bond acceptors (Lipinski definition) is 6. The van der Waals surface area contributed by atoms with E-state index in [4.69, 9.17) is 11.5 Å². The van der Waals surface area contributed by atoms with Crippen molar-refractivity contribution in [2.24, 2.45) is 0 Å². The normalized spacial score (nSPS) is 10.5. The van der Waals surface area contributed by atoms with Crippen LogP contribution >= 0.6 is 0 Å². The van der Waals surface area contributed by atoms with Gasteiger partial charge in [0.1, 0.15) is 12.1 Å². The highest BCUT2D eigenvalue weighted by molar-refractivity contribution is 5.81. The Hall–Kier alpha value is -1.98. The number of nitrogens with zero attached hydrogens (tertiary/aromatic N) is 4. The minimum atomic E-state index is 0.320. The van der Waals surface area contributed by atoms with Crippen molar-refractivity contribution in [2.75, 3.05) is 11.5 Å². The summed E-state index contributed by atoms with van der Waals surface area (Å²) in [6.45, 7) is 1.76. The summed E-state index contributed by atoms with van der Waals surface area (Å²) in [5, 5.41) is 0. The van der Waals surface area contributed by atoms with E-state index in [1.54, 1.807) is 6.92 Å². The third kappa shape index (κ3) is 1.12. The molecule has 0 saturated carbocycles. The molecular formula is C7H8N6. The second-order valence-electron chi connectivity index (χ2n) is 2.63. The first-order valence-corrected chi connectivity index (χ1v) is 3.69. The molecule has 6 heteroatoms. The van der Waals surface area contributed by atoms with Crippen LogP contribution in [0.4, 0.5) is 11.6 Å². The van der Waals surface area contributed by atoms with Crippen molar-refractivity contribution in [1.29, 1.82) is 0 Å². The highest BCUT2D eigenvalue weighted by Crippen LogP contribution is 2.14. The van der Waals surface area contributed by atoms with Crippen LogP contribution < -0.4 is 11.5 Å². The van der Waals surface area contributed by atoms with Crippen LogP contribution in [0.5, 0.6) is 0 Å². The first-order chi connectivity index (χ1) is 6.18. The van der Waals surface area contributed by atoms with Gasteiger partial charge in [0.15, 0.2) is 17.0 Å². The minimum Gasteiger partial charge on any atom is -0.382 e. The van der Waals surface area contributed by atoms with Gasteiger partial charge in [-0.1, -0.05) is 0 Å². The summed E-state index contributed by atoms with van der Waals surface area (Å²) >= 11 is 0. The molecule has 0 aliphatic carbocycles. The fraction of sp³-hybridized carbons (Fsp3) is 0.143. The SMILES string of the molecule is Cc1nc2c(N)ncnc2nc1N. The van der Waals surface area contributed by atoms with Crippen molar-refractivity contribution < 1.29 is 0 Å². The first-order valence-electron chi connectivity index (χ1n) is 3.69. The standard InChI is InChI=1S/C7H8N6/c1-3-5(8)13-7-4(12-3)6(9)10-2-11-7/h2H,1H3,(H4,8,9,10,11,13). The Kier molecular flexibility index (Phi) is 1.48. The monoisotopic (exact) mass is 176 g/mol. The summed E-state index contributed by atoms with van der Waals surface area (Å²) in [5.74, 6) is 0.686. The largest absolute Gasteiger partial charge is 0.382 e. The van der Waals surface area contributed by atoms with Crippen molar-refractivity contribution in [3.8, 4) is 0 Å². The second kappa shape index (κ2) is 2.51. The summed E-state index contributed by atoms with van der Waals surface area (Å²) in [6, 6.07) is 0. The number of rotatable bonds is 0. The van der Waals surface area contributed by atoms with Gasteiger partial charge in [-0.05, 0) is 6.92 Å². The maximum absolute atomic E-state index is 5.58. The molecule has 2 heterocycles. The van der Waals surface area contributed by atoms with Crippen molar-refractivity contribution in [3.05, 3.63) is 12.0 Å². The van der Waals surface area contributed by atoms with Crippen LogP contribution in [0, 0.1) is 6.92 Å². The smallest absolute Gasteiger partial charge is 0.185 e. The van der Waals surface area contributed by atoms with Crippen molar-refractivity contribution >= 4 is 22.8 Å². The Balaban J connectivity index is 2.89. The molecule has 0 fully saturated rings. The fourth-order valence-corrected chi connectivity index (χ4v) is 0.992.